The Bertz CT molecular complexity index is 911. The topological polar surface area (TPSA) is 54.1 Å². The molecule has 1 aromatic heterocycles. The number of hydrogen-bond acceptors (Lipinski definition) is 2. The van der Waals surface area contributed by atoms with E-state index in [9.17, 15) is 4.79 Å². The highest BCUT2D eigenvalue weighted by molar-refractivity contribution is 5.97. The molecule has 0 spiro atoms. The summed E-state index contributed by atoms with van der Waals surface area (Å²) in [5, 5.41) is 4.14. The van der Waals surface area contributed by atoms with Crippen LogP contribution >= 0.6 is 0 Å². The van der Waals surface area contributed by atoms with Crippen molar-refractivity contribution in [2.24, 2.45) is 0 Å². The number of hydrogen-bond donors (Lipinski definition) is 2. The zero-order chi connectivity index (χ0) is 16.0. The average molecular weight is 306 g/mol. The van der Waals surface area contributed by atoms with E-state index in [1.54, 1.807) is 0 Å². The van der Waals surface area contributed by atoms with Crippen LogP contribution in [0, 0.1) is 6.92 Å². The number of aryl methyl sites for hydroxylation is 1. The van der Waals surface area contributed by atoms with Gasteiger partial charge in [-0.1, -0.05) is 24.3 Å². The number of rotatable bonds is 1. The summed E-state index contributed by atoms with van der Waals surface area (Å²) in [6.07, 6.45) is 0.210. The summed E-state index contributed by atoms with van der Waals surface area (Å²) in [5.74, 6) is 0.724. The van der Waals surface area contributed by atoms with Crippen molar-refractivity contribution in [3.8, 4) is 17.0 Å². The number of carbonyl (C=O) groups excluding carboxylic acids is 1. The SMILES string of the molecule is Cc1c(-c2cccc3c2O[C@H](C)CC(=O)N3)[nH]c2ccccc12. The molecule has 2 N–H and O–H groups in total. The number of amides is 1. The summed E-state index contributed by atoms with van der Waals surface area (Å²) in [7, 11) is 0. The molecule has 0 saturated heterocycles. The molecule has 0 fully saturated rings. The molecule has 1 atom stereocenters. The van der Waals surface area contributed by atoms with Gasteiger partial charge in [-0.3, -0.25) is 4.79 Å². The molecule has 0 saturated carbocycles. The fraction of sp³-hybridized carbons (Fsp3) is 0.211. The third-order valence-electron chi connectivity index (χ3n) is 4.32. The second-order valence-electron chi connectivity index (χ2n) is 6.03. The molecular formula is C19H18N2O2. The molecule has 0 bridgehead atoms. The first kappa shape index (κ1) is 13.9. The van der Waals surface area contributed by atoms with Crippen molar-refractivity contribution in [3.05, 3.63) is 48.0 Å². The van der Waals surface area contributed by atoms with Gasteiger partial charge in [0.05, 0.1) is 17.8 Å². The van der Waals surface area contributed by atoms with E-state index >= 15 is 0 Å². The second-order valence-corrected chi connectivity index (χ2v) is 6.03. The lowest BCUT2D eigenvalue weighted by atomic mass is 10.0. The minimum atomic E-state index is -0.151. The van der Waals surface area contributed by atoms with Crippen molar-refractivity contribution in [2.75, 3.05) is 5.32 Å². The van der Waals surface area contributed by atoms with Crippen LogP contribution in [0.3, 0.4) is 0 Å². The molecule has 116 valence electrons. The minimum Gasteiger partial charge on any atom is -0.487 e. The fourth-order valence-electron chi connectivity index (χ4n) is 3.22. The number of fused-ring (bicyclic) bond motifs is 2. The van der Waals surface area contributed by atoms with Gasteiger partial charge in [0.15, 0.2) is 5.75 Å². The number of aromatic amines is 1. The summed E-state index contributed by atoms with van der Waals surface area (Å²) >= 11 is 0. The Morgan fingerprint density at radius 3 is 2.78 bits per heavy atom. The molecule has 4 heteroatoms. The van der Waals surface area contributed by atoms with Crippen molar-refractivity contribution in [1.82, 2.24) is 4.98 Å². The fourth-order valence-corrected chi connectivity index (χ4v) is 3.22. The van der Waals surface area contributed by atoms with Gasteiger partial charge in [0.1, 0.15) is 6.10 Å². The number of nitrogens with one attached hydrogen (secondary N) is 2. The summed E-state index contributed by atoms with van der Waals surface area (Å²) in [5.41, 5.74) is 5.02. The van der Waals surface area contributed by atoms with Gasteiger partial charge in [0.2, 0.25) is 5.91 Å². The molecule has 4 rings (SSSR count). The van der Waals surface area contributed by atoms with Gasteiger partial charge in [0, 0.05) is 16.5 Å². The maximum Gasteiger partial charge on any atom is 0.228 e. The van der Waals surface area contributed by atoms with Crippen LogP contribution in [-0.2, 0) is 4.79 Å². The Balaban J connectivity index is 1.94. The van der Waals surface area contributed by atoms with Crippen LogP contribution in [0.1, 0.15) is 18.9 Å². The van der Waals surface area contributed by atoms with Gasteiger partial charge in [-0.25, -0.2) is 0 Å². The van der Waals surface area contributed by atoms with E-state index in [0.717, 1.165) is 28.2 Å². The normalized spacial score (nSPS) is 17.3. The third-order valence-corrected chi connectivity index (χ3v) is 4.32. The number of aromatic nitrogens is 1. The maximum atomic E-state index is 11.9. The maximum absolute atomic E-state index is 11.9. The van der Waals surface area contributed by atoms with Crippen molar-refractivity contribution < 1.29 is 9.53 Å². The molecule has 0 aliphatic carbocycles. The molecule has 1 amide bonds. The molecule has 3 aromatic rings. The monoisotopic (exact) mass is 306 g/mol. The first-order valence-corrected chi connectivity index (χ1v) is 7.80. The highest BCUT2D eigenvalue weighted by Gasteiger charge is 2.23. The van der Waals surface area contributed by atoms with E-state index in [0.29, 0.717) is 6.42 Å². The lowest BCUT2D eigenvalue weighted by Gasteiger charge is -2.15. The lowest BCUT2D eigenvalue weighted by molar-refractivity contribution is -0.117. The lowest BCUT2D eigenvalue weighted by Crippen LogP contribution is -2.17. The van der Waals surface area contributed by atoms with Crippen molar-refractivity contribution in [3.63, 3.8) is 0 Å². The number of carbonyl (C=O) groups is 1. The molecule has 4 nitrogen and oxygen atoms in total. The van der Waals surface area contributed by atoms with Crippen LogP contribution in [0.4, 0.5) is 5.69 Å². The number of ether oxygens (including phenoxy) is 1. The van der Waals surface area contributed by atoms with E-state index < -0.39 is 0 Å². The largest absolute Gasteiger partial charge is 0.487 e. The van der Waals surface area contributed by atoms with Crippen LogP contribution < -0.4 is 10.1 Å². The predicted molar refractivity (Wildman–Crippen MR) is 91.8 cm³/mol. The highest BCUT2D eigenvalue weighted by atomic mass is 16.5. The molecule has 2 heterocycles. The molecule has 23 heavy (non-hydrogen) atoms. The minimum absolute atomic E-state index is 0.0123. The predicted octanol–water partition coefficient (Wildman–Crippen LogP) is 4.25. The van der Waals surface area contributed by atoms with E-state index in [4.69, 9.17) is 4.74 Å². The molecule has 1 aliphatic rings. The van der Waals surface area contributed by atoms with Crippen molar-refractivity contribution in [2.45, 2.75) is 26.4 Å². The van der Waals surface area contributed by atoms with Gasteiger partial charge in [0.25, 0.3) is 0 Å². The van der Waals surface area contributed by atoms with E-state index in [-0.39, 0.29) is 12.0 Å². The van der Waals surface area contributed by atoms with Crippen LogP contribution in [0.2, 0.25) is 0 Å². The number of H-pyrrole nitrogens is 1. The standard InChI is InChI=1S/C19H18N2O2/c1-11-10-17(22)20-16-9-5-7-14(19(16)23-11)18-12(2)13-6-3-4-8-15(13)21-18/h3-9,11,21H,10H2,1-2H3,(H,20,22)/t11-/m1/s1. The molecular weight excluding hydrogens is 288 g/mol. The summed E-state index contributed by atoms with van der Waals surface area (Å²) < 4.78 is 6.06. The summed E-state index contributed by atoms with van der Waals surface area (Å²) in [6.45, 7) is 4.02. The van der Waals surface area contributed by atoms with Gasteiger partial charge >= 0.3 is 0 Å². The van der Waals surface area contributed by atoms with Gasteiger partial charge in [-0.2, -0.15) is 0 Å². The van der Waals surface area contributed by atoms with Crippen LogP contribution in [-0.4, -0.2) is 17.0 Å². The third kappa shape index (κ3) is 2.27. The Kier molecular flexibility index (Phi) is 3.11. The Morgan fingerprint density at radius 1 is 1.13 bits per heavy atom. The van der Waals surface area contributed by atoms with E-state index in [1.807, 2.05) is 37.3 Å². The second kappa shape index (κ2) is 5.16. The van der Waals surface area contributed by atoms with E-state index in [1.165, 1.54) is 10.9 Å². The first-order valence-electron chi connectivity index (χ1n) is 7.80. The Labute approximate surface area is 134 Å². The zero-order valence-electron chi connectivity index (χ0n) is 13.1. The Morgan fingerprint density at radius 2 is 1.96 bits per heavy atom. The quantitative estimate of drug-likeness (QED) is 0.706. The zero-order valence-corrected chi connectivity index (χ0v) is 13.1. The van der Waals surface area contributed by atoms with E-state index in [2.05, 4.69) is 29.4 Å². The molecule has 0 unspecified atom stereocenters. The highest BCUT2D eigenvalue weighted by Crippen LogP contribution is 2.41. The van der Waals surface area contributed by atoms with Crippen LogP contribution in [0.25, 0.3) is 22.2 Å². The average Bonchev–Trinajstić information content (AvgIpc) is 2.77. The van der Waals surface area contributed by atoms with Gasteiger partial charge in [-0.05, 0) is 37.6 Å². The first-order chi connectivity index (χ1) is 11.1. The smallest absolute Gasteiger partial charge is 0.228 e. The van der Waals surface area contributed by atoms with Crippen LogP contribution in [0.15, 0.2) is 42.5 Å². The Hall–Kier alpha value is -2.75. The van der Waals surface area contributed by atoms with Crippen molar-refractivity contribution in [1.29, 1.82) is 0 Å². The van der Waals surface area contributed by atoms with Gasteiger partial charge in [-0.15, -0.1) is 0 Å². The van der Waals surface area contributed by atoms with Gasteiger partial charge < -0.3 is 15.0 Å². The summed E-state index contributed by atoms with van der Waals surface area (Å²) in [4.78, 5) is 15.4. The number of benzene rings is 2. The number of anilines is 1. The van der Waals surface area contributed by atoms with Crippen molar-refractivity contribution >= 4 is 22.5 Å². The number of para-hydroxylation sites is 2. The molecule has 1 aliphatic heterocycles. The van der Waals surface area contributed by atoms with Crippen LogP contribution in [0.5, 0.6) is 5.75 Å². The molecule has 2 aromatic carbocycles. The summed E-state index contributed by atoms with van der Waals surface area (Å²) in [6, 6.07) is 14.1. The molecule has 0 radical (unpaired) electrons.